The minimum atomic E-state index is -0.370. The van der Waals surface area contributed by atoms with Gasteiger partial charge in [0, 0.05) is 18.0 Å². The molecule has 1 atom stereocenters. The largest absolute Gasteiger partial charge is 0.394 e. The van der Waals surface area contributed by atoms with Crippen LogP contribution in [0, 0.1) is 0 Å². The van der Waals surface area contributed by atoms with Crippen LogP contribution in [-0.4, -0.2) is 33.8 Å². The van der Waals surface area contributed by atoms with Gasteiger partial charge in [-0.1, -0.05) is 34.6 Å². The number of aliphatic hydroxyl groups excluding tert-OH is 1. The quantitative estimate of drug-likeness (QED) is 0.720. The van der Waals surface area contributed by atoms with Gasteiger partial charge in [-0.3, -0.25) is 0 Å². The molecule has 0 amide bonds. The minimum Gasteiger partial charge on any atom is -0.394 e. The summed E-state index contributed by atoms with van der Waals surface area (Å²) in [5.41, 5.74) is -0.492. The maximum atomic E-state index is 9.56. The number of nitrogens with zero attached hydrogens (tertiary/aromatic N) is 2. The van der Waals surface area contributed by atoms with E-state index in [2.05, 4.69) is 48.3 Å². The zero-order chi connectivity index (χ0) is 16.1. The van der Waals surface area contributed by atoms with Crippen LogP contribution in [0.1, 0.15) is 60.2 Å². The Morgan fingerprint density at radius 2 is 1.71 bits per heavy atom. The standard InChI is InChI=1S/C16H30N4O/c1-7-9-17-12-10-13(20-16(6,8-2)11-21)19-14(18-12)15(3,4)5/h10,21H,7-9,11H2,1-6H3,(H2,17,18,19,20). The van der Waals surface area contributed by atoms with E-state index >= 15 is 0 Å². The lowest BCUT2D eigenvalue weighted by Gasteiger charge is -2.29. The van der Waals surface area contributed by atoms with Gasteiger partial charge >= 0.3 is 0 Å². The molecule has 0 aromatic carbocycles. The van der Waals surface area contributed by atoms with E-state index in [1.54, 1.807) is 0 Å². The molecule has 0 radical (unpaired) electrons. The number of aliphatic hydroxyl groups is 1. The Morgan fingerprint density at radius 3 is 2.19 bits per heavy atom. The van der Waals surface area contributed by atoms with E-state index in [9.17, 15) is 5.11 Å². The molecule has 120 valence electrons. The van der Waals surface area contributed by atoms with Gasteiger partial charge in [-0.25, -0.2) is 9.97 Å². The number of rotatable bonds is 7. The lowest BCUT2D eigenvalue weighted by atomic mass is 9.95. The Kier molecular flexibility index (Phi) is 5.96. The Morgan fingerprint density at radius 1 is 1.10 bits per heavy atom. The van der Waals surface area contributed by atoms with Gasteiger partial charge in [-0.15, -0.1) is 0 Å². The summed E-state index contributed by atoms with van der Waals surface area (Å²) in [6, 6.07) is 1.91. The molecule has 1 unspecified atom stereocenters. The first kappa shape index (κ1) is 17.7. The topological polar surface area (TPSA) is 70.1 Å². The van der Waals surface area contributed by atoms with E-state index in [1.807, 2.05) is 19.9 Å². The molecule has 3 N–H and O–H groups in total. The molecule has 0 saturated heterocycles. The van der Waals surface area contributed by atoms with E-state index in [1.165, 1.54) is 0 Å². The Balaban J connectivity index is 3.12. The molecule has 0 aliphatic rings. The zero-order valence-electron chi connectivity index (χ0n) is 14.2. The molecule has 0 spiro atoms. The molecule has 1 aromatic heterocycles. The van der Waals surface area contributed by atoms with Crippen molar-refractivity contribution in [3.05, 3.63) is 11.9 Å². The van der Waals surface area contributed by atoms with Gasteiger partial charge in [0.2, 0.25) is 0 Å². The highest BCUT2D eigenvalue weighted by molar-refractivity contribution is 5.49. The van der Waals surface area contributed by atoms with Gasteiger partial charge < -0.3 is 15.7 Å². The summed E-state index contributed by atoms with van der Waals surface area (Å²) in [5.74, 6) is 2.38. The van der Waals surface area contributed by atoms with Crippen LogP contribution in [0.25, 0.3) is 0 Å². The average Bonchev–Trinajstić information content (AvgIpc) is 2.43. The van der Waals surface area contributed by atoms with Crippen LogP contribution in [0.15, 0.2) is 6.07 Å². The summed E-state index contributed by atoms with van der Waals surface area (Å²) >= 11 is 0. The fourth-order valence-electron chi connectivity index (χ4n) is 1.74. The number of hydrogen-bond acceptors (Lipinski definition) is 5. The SMILES string of the molecule is CCCNc1cc(NC(C)(CC)CO)nc(C(C)(C)C)n1. The maximum Gasteiger partial charge on any atom is 0.138 e. The highest BCUT2D eigenvalue weighted by Gasteiger charge is 2.24. The fraction of sp³-hybridized carbons (Fsp3) is 0.750. The molecule has 0 bridgehead atoms. The highest BCUT2D eigenvalue weighted by Crippen LogP contribution is 2.24. The molecule has 0 fully saturated rings. The molecule has 0 aliphatic heterocycles. The Bertz CT molecular complexity index is 450. The molecule has 1 rings (SSSR count). The van der Waals surface area contributed by atoms with Crippen molar-refractivity contribution in [2.75, 3.05) is 23.8 Å². The molecule has 1 aromatic rings. The van der Waals surface area contributed by atoms with Crippen LogP contribution in [0.3, 0.4) is 0 Å². The van der Waals surface area contributed by atoms with Crippen LogP contribution >= 0.6 is 0 Å². The Hall–Kier alpha value is -1.36. The van der Waals surface area contributed by atoms with Crippen molar-refractivity contribution in [2.45, 2.75) is 65.3 Å². The average molecular weight is 294 g/mol. The van der Waals surface area contributed by atoms with Crippen LogP contribution < -0.4 is 10.6 Å². The second-order valence-corrected chi connectivity index (χ2v) is 6.84. The number of hydrogen-bond donors (Lipinski definition) is 3. The molecule has 0 aliphatic carbocycles. The summed E-state index contributed by atoms with van der Waals surface area (Å²) < 4.78 is 0. The Labute approximate surface area is 128 Å². The first-order valence-electron chi connectivity index (χ1n) is 7.76. The molecule has 5 nitrogen and oxygen atoms in total. The third-order valence-electron chi connectivity index (χ3n) is 3.51. The monoisotopic (exact) mass is 294 g/mol. The van der Waals surface area contributed by atoms with Gasteiger partial charge in [0.1, 0.15) is 17.5 Å². The van der Waals surface area contributed by atoms with E-state index in [0.717, 1.165) is 36.8 Å². The van der Waals surface area contributed by atoms with Gasteiger partial charge in [0.25, 0.3) is 0 Å². The van der Waals surface area contributed by atoms with Crippen LogP contribution in [0.4, 0.5) is 11.6 Å². The summed E-state index contributed by atoms with van der Waals surface area (Å²) in [7, 11) is 0. The van der Waals surface area contributed by atoms with Crippen molar-refractivity contribution < 1.29 is 5.11 Å². The van der Waals surface area contributed by atoms with Crippen molar-refractivity contribution in [2.24, 2.45) is 0 Å². The summed E-state index contributed by atoms with van der Waals surface area (Å²) in [4.78, 5) is 9.22. The van der Waals surface area contributed by atoms with E-state index in [-0.39, 0.29) is 17.6 Å². The lowest BCUT2D eigenvalue weighted by Crippen LogP contribution is -2.38. The van der Waals surface area contributed by atoms with Gasteiger partial charge in [-0.05, 0) is 19.8 Å². The number of anilines is 2. The first-order valence-corrected chi connectivity index (χ1v) is 7.76. The third-order valence-corrected chi connectivity index (χ3v) is 3.51. The first-order chi connectivity index (χ1) is 9.74. The van der Waals surface area contributed by atoms with Gasteiger partial charge in [-0.2, -0.15) is 0 Å². The highest BCUT2D eigenvalue weighted by atomic mass is 16.3. The third kappa shape index (κ3) is 5.16. The fourth-order valence-corrected chi connectivity index (χ4v) is 1.74. The van der Waals surface area contributed by atoms with Crippen molar-refractivity contribution in [1.29, 1.82) is 0 Å². The molecule has 0 saturated carbocycles. The smallest absolute Gasteiger partial charge is 0.138 e. The van der Waals surface area contributed by atoms with E-state index < -0.39 is 0 Å². The maximum absolute atomic E-state index is 9.56. The van der Waals surface area contributed by atoms with Crippen LogP contribution in [0.2, 0.25) is 0 Å². The van der Waals surface area contributed by atoms with Gasteiger partial charge in [0.15, 0.2) is 0 Å². The van der Waals surface area contributed by atoms with E-state index in [4.69, 9.17) is 0 Å². The lowest BCUT2D eigenvalue weighted by molar-refractivity contribution is 0.218. The second kappa shape index (κ2) is 7.07. The summed E-state index contributed by atoms with van der Waals surface area (Å²) in [6.07, 6.45) is 1.86. The van der Waals surface area contributed by atoms with Crippen LogP contribution in [-0.2, 0) is 5.41 Å². The molecular weight excluding hydrogens is 264 g/mol. The zero-order valence-corrected chi connectivity index (χ0v) is 14.2. The minimum absolute atomic E-state index is 0.0656. The van der Waals surface area contributed by atoms with Crippen molar-refractivity contribution in [3.63, 3.8) is 0 Å². The van der Waals surface area contributed by atoms with Gasteiger partial charge in [0.05, 0.1) is 12.1 Å². The predicted molar refractivity (Wildman–Crippen MR) is 88.9 cm³/mol. The van der Waals surface area contributed by atoms with Crippen molar-refractivity contribution in [3.8, 4) is 0 Å². The molecule has 5 heteroatoms. The van der Waals surface area contributed by atoms with Crippen molar-refractivity contribution >= 4 is 11.6 Å². The van der Waals surface area contributed by atoms with Crippen molar-refractivity contribution in [1.82, 2.24) is 9.97 Å². The van der Waals surface area contributed by atoms with E-state index in [0.29, 0.717) is 0 Å². The summed E-state index contributed by atoms with van der Waals surface area (Å²) in [5, 5.41) is 16.2. The summed E-state index contributed by atoms with van der Waals surface area (Å²) in [6.45, 7) is 13.4. The number of nitrogens with one attached hydrogen (secondary N) is 2. The molecular formula is C16H30N4O. The number of aromatic nitrogens is 2. The molecule has 21 heavy (non-hydrogen) atoms. The second-order valence-electron chi connectivity index (χ2n) is 6.84. The van der Waals surface area contributed by atoms with Crippen LogP contribution in [0.5, 0.6) is 0 Å². The predicted octanol–water partition coefficient (Wildman–Crippen LogP) is 3.17. The normalized spacial score (nSPS) is 14.6. The molecule has 1 heterocycles.